The van der Waals surface area contributed by atoms with E-state index in [9.17, 15) is 0 Å². The lowest BCUT2D eigenvalue weighted by molar-refractivity contribution is 0.563. The maximum absolute atomic E-state index is 3.56. The molecule has 1 heteroatoms. The Bertz CT molecular complexity index is 1280. The zero-order chi connectivity index (χ0) is 23.2. The molecule has 3 aliphatic carbocycles. The van der Waals surface area contributed by atoms with Crippen LogP contribution in [0.3, 0.4) is 0 Å². The molecule has 0 unspecified atom stereocenters. The summed E-state index contributed by atoms with van der Waals surface area (Å²) in [4.78, 5) is 0. The summed E-state index contributed by atoms with van der Waals surface area (Å²) in [7, 11) is 0. The minimum absolute atomic E-state index is 0.187. The van der Waals surface area contributed by atoms with Crippen molar-refractivity contribution in [1.82, 2.24) is 0 Å². The second-order valence-electron chi connectivity index (χ2n) is 10.7. The van der Waals surface area contributed by atoms with E-state index >= 15 is 0 Å². The molecule has 0 atom stereocenters. The van der Waals surface area contributed by atoms with Crippen LogP contribution in [-0.4, -0.2) is 0 Å². The number of hydrogen-bond donors (Lipinski definition) is 0. The van der Waals surface area contributed by atoms with Gasteiger partial charge in [-0.25, -0.2) is 0 Å². The highest BCUT2D eigenvalue weighted by Gasteiger charge is 2.31. The van der Waals surface area contributed by atoms with E-state index in [1.807, 2.05) is 0 Å². The van der Waals surface area contributed by atoms with E-state index in [4.69, 9.17) is 0 Å². The minimum atomic E-state index is 0.187. The molecule has 33 heavy (non-hydrogen) atoms. The third-order valence-electron chi connectivity index (χ3n) is 7.57. The Labute approximate surface area is 207 Å². The van der Waals surface area contributed by atoms with Crippen molar-refractivity contribution >= 4 is 32.3 Å². The largest absolute Gasteiger partial charge is 0.0836 e. The summed E-state index contributed by atoms with van der Waals surface area (Å²) in [5.74, 6) is 0. The first-order valence-electron chi connectivity index (χ1n) is 12.2. The van der Waals surface area contributed by atoms with Gasteiger partial charge in [0.05, 0.1) is 0 Å². The maximum atomic E-state index is 3.56. The molecule has 0 amide bonds. The van der Waals surface area contributed by atoms with Gasteiger partial charge in [-0.3, -0.25) is 0 Å². The van der Waals surface area contributed by atoms with E-state index in [-0.39, 0.29) is 10.8 Å². The molecule has 0 saturated heterocycles. The molecule has 0 aliphatic heterocycles. The molecule has 0 heterocycles. The standard InChI is InChI=1S/C18H15Br.C14H18/c19-14-7-10-16-13(11-14)6-9-17-15-4-2-1-3-12(15)5-8-18(16)17;1-13(2)9-10-14(3,4)12-8-6-5-7-11(12)13/h2,4,6-7,9-11H,1,3,5,8H2;5-10H,1-4H3. The van der Waals surface area contributed by atoms with Gasteiger partial charge < -0.3 is 0 Å². The summed E-state index contributed by atoms with van der Waals surface area (Å²) in [6.07, 6.45) is 14.2. The van der Waals surface area contributed by atoms with Gasteiger partial charge in [0, 0.05) is 15.3 Å². The fourth-order valence-corrected chi connectivity index (χ4v) is 6.00. The Morgan fingerprint density at radius 2 is 1.45 bits per heavy atom. The fraction of sp³-hybridized carbons (Fsp3) is 0.312. The van der Waals surface area contributed by atoms with Gasteiger partial charge in [0.2, 0.25) is 0 Å². The zero-order valence-corrected chi connectivity index (χ0v) is 21.8. The van der Waals surface area contributed by atoms with Crippen LogP contribution in [0.15, 0.2) is 88.9 Å². The first-order chi connectivity index (χ1) is 15.8. The third kappa shape index (κ3) is 4.17. The summed E-state index contributed by atoms with van der Waals surface area (Å²) in [6, 6.07) is 20.0. The SMILES string of the molecule is Brc1ccc2c3c(ccc2c1)C1=C(CCC=C1)CC3.CC1(C)C=CC(C)(C)c2ccccc21. The van der Waals surface area contributed by atoms with E-state index in [2.05, 4.69) is 123 Å². The van der Waals surface area contributed by atoms with Crippen LogP contribution in [0.5, 0.6) is 0 Å². The molecule has 0 aromatic heterocycles. The van der Waals surface area contributed by atoms with Crippen LogP contribution < -0.4 is 0 Å². The Morgan fingerprint density at radius 1 is 0.758 bits per heavy atom. The number of aryl methyl sites for hydroxylation is 1. The average molecular weight is 498 g/mol. The molecule has 0 fully saturated rings. The topological polar surface area (TPSA) is 0 Å². The molecule has 3 aromatic carbocycles. The molecule has 3 aromatic rings. The fourth-order valence-electron chi connectivity index (χ4n) is 5.62. The van der Waals surface area contributed by atoms with Crippen LogP contribution in [0, 0.1) is 0 Å². The molecular formula is C32H33Br. The van der Waals surface area contributed by atoms with E-state index in [0.29, 0.717) is 0 Å². The van der Waals surface area contributed by atoms with Crippen LogP contribution in [-0.2, 0) is 17.3 Å². The number of fused-ring (bicyclic) bond motifs is 5. The Kier molecular flexibility index (Phi) is 5.73. The van der Waals surface area contributed by atoms with E-state index in [0.717, 1.165) is 4.47 Å². The molecule has 3 aliphatic rings. The molecule has 0 saturated carbocycles. The Hall–Kier alpha value is -2.38. The van der Waals surface area contributed by atoms with Crippen LogP contribution in [0.25, 0.3) is 16.3 Å². The molecule has 0 nitrogen and oxygen atoms in total. The lowest BCUT2D eigenvalue weighted by Crippen LogP contribution is -2.28. The summed E-state index contributed by atoms with van der Waals surface area (Å²) >= 11 is 3.56. The van der Waals surface area contributed by atoms with Crippen molar-refractivity contribution in [2.45, 2.75) is 64.2 Å². The van der Waals surface area contributed by atoms with Crippen LogP contribution in [0.4, 0.5) is 0 Å². The van der Waals surface area contributed by atoms with Gasteiger partial charge in [0.1, 0.15) is 0 Å². The van der Waals surface area contributed by atoms with E-state index < -0.39 is 0 Å². The molecule has 0 radical (unpaired) electrons. The number of hydrogen-bond acceptors (Lipinski definition) is 0. The highest BCUT2D eigenvalue weighted by atomic mass is 79.9. The van der Waals surface area contributed by atoms with Crippen molar-refractivity contribution in [2.24, 2.45) is 0 Å². The monoisotopic (exact) mass is 496 g/mol. The summed E-state index contributed by atoms with van der Waals surface area (Å²) in [6.45, 7) is 9.10. The number of benzene rings is 3. The van der Waals surface area contributed by atoms with Gasteiger partial charge in [0.25, 0.3) is 0 Å². The highest BCUT2D eigenvalue weighted by molar-refractivity contribution is 9.10. The molecule has 0 spiro atoms. The lowest BCUT2D eigenvalue weighted by atomic mass is 9.68. The van der Waals surface area contributed by atoms with Crippen molar-refractivity contribution in [3.63, 3.8) is 0 Å². The Balaban J connectivity index is 0.000000146. The third-order valence-corrected chi connectivity index (χ3v) is 8.06. The van der Waals surface area contributed by atoms with Crippen LogP contribution >= 0.6 is 15.9 Å². The summed E-state index contributed by atoms with van der Waals surface area (Å²) < 4.78 is 1.16. The minimum Gasteiger partial charge on any atom is -0.0836 e. The van der Waals surface area contributed by atoms with Crippen molar-refractivity contribution < 1.29 is 0 Å². The number of allylic oxidation sites excluding steroid dienone is 6. The summed E-state index contributed by atoms with van der Waals surface area (Å²) in [5.41, 5.74) is 9.46. The normalized spacial score (nSPS) is 19.3. The predicted molar refractivity (Wildman–Crippen MR) is 147 cm³/mol. The predicted octanol–water partition coefficient (Wildman–Crippen LogP) is 9.46. The lowest BCUT2D eigenvalue weighted by Gasteiger charge is -2.36. The second-order valence-corrected chi connectivity index (χ2v) is 11.7. The van der Waals surface area contributed by atoms with Crippen molar-refractivity contribution in [3.05, 3.63) is 111 Å². The number of halogens is 1. The van der Waals surface area contributed by atoms with Crippen LogP contribution in [0.2, 0.25) is 0 Å². The van der Waals surface area contributed by atoms with Crippen molar-refractivity contribution in [1.29, 1.82) is 0 Å². The van der Waals surface area contributed by atoms with Crippen molar-refractivity contribution in [3.8, 4) is 0 Å². The smallest absolute Gasteiger partial charge is 0.0181 e. The number of rotatable bonds is 0. The van der Waals surface area contributed by atoms with Gasteiger partial charge >= 0.3 is 0 Å². The molecule has 0 N–H and O–H groups in total. The van der Waals surface area contributed by atoms with E-state index in [1.165, 1.54) is 64.3 Å². The van der Waals surface area contributed by atoms with Gasteiger partial charge in [-0.1, -0.05) is 116 Å². The second kappa shape index (κ2) is 8.44. The van der Waals surface area contributed by atoms with E-state index in [1.54, 1.807) is 5.57 Å². The molecule has 6 rings (SSSR count). The molecule has 168 valence electrons. The molecule has 0 bridgehead atoms. The van der Waals surface area contributed by atoms with Gasteiger partial charge in [-0.15, -0.1) is 0 Å². The first kappa shape index (κ1) is 22.4. The van der Waals surface area contributed by atoms with Gasteiger partial charge in [-0.2, -0.15) is 0 Å². The van der Waals surface area contributed by atoms with Gasteiger partial charge in [0.15, 0.2) is 0 Å². The van der Waals surface area contributed by atoms with Gasteiger partial charge in [-0.05, 0) is 76.4 Å². The Morgan fingerprint density at radius 3 is 2.15 bits per heavy atom. The molecular weight excluding hydrogens is 464 g/mol. The average Bonchev–Trinajstić information content (AvgIpc) is 2.82. The summed E-state index contributed by atoms with van der Waals surface area (Å²) in [5, 5.41) is 2.77. The first-order valence-corrected chi connectivity index (χ1v) is 13.0. The maximum Gasteiger partial charge on any atom is 0.0181 e. The zero-order valence-electron chi connectivity index (χ0n) is 20.2. The highest BCUT2D eigenvalue weighted by Crippen LogP contribution is 2.41. The van der Waals surface area contributed by atoms with Crippen LogP contribution in [0.1, 0.15) is 69.2 Å². The quantitative estimate of drug-likeness (QED) is 0.271. The van der Waals surface area contributed by atoms with Crippen molar-refractivity contribution in [2.75, 3.05) is 0 Å².